The molecule has 2 aliphatic heterocycles. The molecule has 1 unspecified atom stereocenters. The lowest BCUT2D eigenvalue weighted by molar-refractivity contribution is -0.143. The number of hydrogen-bond donors (Lipinski definition) is 3. The van der Waals surface area contributed by atoms with Crippen LogP contribution in [0.15, 0.2) is 54.6 Å². The topological polar surface area (TPSA) is 82.7 Å². The number of amides is 2. The zero-order valence-electron chi connectivity index (χ0n) is 21.6. The Morgan fingerprint density at radius 3 is 2.53 bits per heavy atom. The second-order valence-corrected chi connectivity index (χ2v) is 10.2. The van der Waals surface area contributed by atoms with Crippen LogP contribution in [0.5, 0.6) is 5.75 Å². The number of carbonyl (C=O) groups excluding carboxylic acids is 2. The van der Waals surface area contributed by atoms with E-state index in [0.717, 1.165) is 50.2 Å². The van der Waals surface area contributed by atoms with Crippen LogP contribution in [0.25, 0.3) is 0 Å². The van der Waals surface area contributed by atoms with Gasteiger partial charge < -0.3 is 25.6 Å². The van der Waals surface area contributed by atoms with Crippen molar-refractivity contribution in [2.45, 2.75) is 62.9 Å². The van der Waals surface area contributed by atoms with Crippen LogP contribution in [0.4, 0.5) is 0 Å². The normalized spacial score (nSPS) is 19.4. The van der Waals surface area contributed by atoms with E-state index in [4.69, 9.17) is 4.74 Å². The first-order chi connectivity index (χ1) is 17.5. The van der Waals surface area contributed by atoms with Crippen molar-refractivity contribution in [3.05, 3.63) is 65.7 Å². The van der Waals surface area contributed by atoms with Gasteiger partial charge in [-0.25, -0.2) is 0 Å². The number of rotatable bonds is 12. The molecule has 7 heteroatoms. The smallest absolute Gasteiger partial charge is 0.245 e. The summed E-state index contributed by atoms with van der Waals surface area (Å²) in [5.74, 6) is 0.703. The molecule has 2 saturated heterocycles. The van der Waals surface area contributed by atoms with E-state index < -0.39 is 6.04 Å². The van der Waals surface area contributed by atoms with Gasteiger partial charge in [0, 0.05) is 50.6 Å². The van der Waals surface area contributed by atoms with Gasteiger partial charge in [0.2, 0.25) is 11.8 Å². The summed E-state index contributed by atoms with van der Waals surface area (Å²) in [5, 5.41) is 9.65. The molecule has 0 aliphatic carbocycles. The molecule has 2 heterocycles. The van der Waals surface area contributed by atoms with Crippen LogP contribution in [0.2, 0.25) is 0 Å². The second-order valence-electron chi connectivity index (χ2n) is 10.2. The van der Waals surface area contributed by atoms with Gasteiger partial charge in [-0.2, -0.15) is 0 Å². The van der Waals surface area contributed by atoms with E-state index >= 15 is 0 Å². The molecule has 2 atom stereocenters. The average Bonchev–Trinajstić information content (AvgIpc) is 3.41. The van der Waals surface area contributed by atoms with Crippen LogP contribution >= 0.6 is 0 Å². The molecule has 0 bridgehead atoms. The lowest BCUT2D eigenvalue weighted by Gasteiger charge is -2.52. The van der Waals surface area contributed by atoms with Gasteiger partial charge in [-0.05, 0) is 36.1 Å². The van der Waals surface area contributed by atoms with Crippen molar-refractivity contribution in [2.75, 3.05) is 33.4 Å². The van der Waals surface area contributed by atoms with Crippen molar-refractivity contribution in [1.29, 1.82) is 0 Å². The molecule has 2 fully saturated rings. The standard InChI is InChI=1S/C29H40N4O3/c1-3-4-16-29(23-8-6-5-7-9-23)19-33(20-29)28(35)26(17-22-10-13-25(36-2)14-11-22)32-27(34)15-12-24-18-30-21-31-24/h5-11,13-14,24,26,30-31H,3-4,12,15-21H2,1-2H3,(H,32,34)/t24?,26-/m1/s1. The summed E-state index contributed by atoms with van der Waals surface area (Å²) in [5.41, 5.74) is 2.30. The van der Waals surface area contributed by atoms with Gasteiger partial charge in [0.15, 0.2) is 0 Å². The molecule has 0 spiro atoms. The number of carbonyl (C=O) groups is 2. The highest BCUT2D eigenvalue weighted by Gasteiger charge is 2.47. The Balaban J connectivity index is 1.44. The zero-order chi connectivity index (χ0) is 25.4. The first kappa shape index (κ1) is 26.2. The lowest BCUT2D eigenvalue weighted by atomic mass is 9.70. The lowest BCUT2D eigenvalue weighted by Crippen LogP contribution is -2.64. The predicted octanol–water partition coefficient (Wildman–Crippen LogP) is 2.99. The third kappa shape index (κ3) is 6.45. The molecule has 2 aromatic rings. The fourth-order valence-corrected chi connectivity index (χ4v) is 5.36. The minimum atomic E-state index is -0.583. The molecule has 2 aromatic carbocycles. The van der Waals surface area contributed by atoms with Gasteiger partial charge in [0.1, 0.15) is 11.8 Å². The third-order valence-corrected chi connectivity index (χ3v) is 7.55. The van der Waals surface area contributed by atoms with Gasteiger partial charge in [-0.1, -0.05) is 62.2 Å². The number of ether oxygens (including phenoxy) is 1. The number of benzene rings is 2. The summed E-state index contributed by atoms with van der Waals surface area (Å²) in [6, 6.07) is 18.0. The molecule has 3 N–H and O–H groups in total. The maximum absolute atomic E-state index is 13.7. The highest BCUT2D eigenvalue weighted by Crippen LogP contribution is 2.39. The number of likely N-dealkylation sites (tertiary alicyclic amines) is 1. The predicted molar refractivity (Wildman–Crippen MR) is 142 cm³/mol. The van der Waals surface area contributed by atoms with Crippen molar-refractivity contribution in [3.8, 4) is 5.75 Å². The molecule has 4 rings (SSSR count). The van der Waals surface area contributed by atoms with Crippen LogP contribution < -0.4 is 20.7 Å². The Kier molecular flexibility index (Phi) is 8.99. The zero-order valence-corrected chi connectivity index (χ0v) is 21.6. The van der Waals surface area contributed by atoms with Gasteiger partial charge >= 0.3 is 0 Å². The Bertz CT molecular complexity index is 983. The molecule has 0 radical (unpaired) electrons. The van der Waals surface area contributed by atoms with E-state index in [1.165, 1.54) is 5.56 Å². The largest absolute Gasteiger partial charge is 0.497 e. The van der Waals surface area contributed by atoms with Gasteiger partial charge in [0.05, 0.1) is 7.11 Å². The number of nitrogens with zero attached hydrogens (tertiary/aromatic N) is 1. The summed E-state index contributed by atoms with van der Waals surface area (Å²) >= 11 is 0. The van der Waals surface area contributed by atoms with Crippen molar-refractivity contribution < 1.29 is 14.3 Å². The number of nitrogens with one attached hydrogen (secondary N) is 3. The van der Waals surface area contributed by atoms with E-state index in [1.807, 2.05) is 35.2 Å². The average molecular weight is 493 g/mol. The number of methoxy groups -OCH3 is 1. The Morgan fingerprint density at radius 2 is 1.89 bits per heavy atom. The van der Waals surface area contributed by atoms with E-state index in [-0.39, 0.29) is 17.2 Å². The Labute approximate surface area is 215 Å². The molecule has 36 heavy (non-hydrogen) atoms. The minimum absolute atomic E-state index is 0.00267. The molecule has 2 amide bonds. The maximum Gasteiger partial charge on any atom is 0.245 e. The summed E-state index contributed by atoms with van der Waals surface area (Å²) in [6.07, 6.45) is 4.93. The molecular formula is C29H40N4O3. The van der Waals surface area contributed by atoms with E-state index in [9.17, 15) is 9.59 Å². The maximum atomic E-state index is 13.7. The van der Waals surface area contributed by atoms with Crippen LogP contribution in [-0.2, 0) is 21.4 Å². The van der Waals surface area contributed by atoms with Crippen LogP contribution in [0, 0.1) is 0 Å². The number of hydrogen-bond acceptors (Lipinski definition) is 5. The summed E-state index contributed by atoms with van der Waals surface area (Å²) in [6.45, 7) is 5.25. The van der Waals surface area contributed by atoms with E-state index in [2.05, 4.69) is 47.1 Å². The van der Waals surface area contributed by atoms with Crippen LogP contribution in [0.1, 0.15) is 50.2 Å². The van der Waals surface area contributed by atoms with Crippen LogP contribution in [0.3, 0.4) is 0 Å². The van der Waals surface area contributed by atoms with Crippen molar-refractivity contribution in [3.63, 3.8) is 0 Å². The molecule has 7 nitrogen and oxygen atoms in total. The fraction of sp³-hybridized carbons (Fsp3) is 0.517. The fourth-order valence-electron chi connectivity index (χ4n) is 5.36. The summed E-state index contributed by atoms with van der Waals surface area (Å²) in [7, 11) is 1.64. The second kappa shape index (κ2) is 12.4. The van der Waals surface area contributed by atoms with Crippen molar-refractivity contribution in [2.24, 2.45) is 0 Å². The summed E-state index contributed by atoms with van der Waals surface area (Å²) < 4.78 is 5.27. The molecule has 0 saturated carbocycles. The Morgan fingerprint density at radius 1 is 1.14 bits per heavy atom. The molecule has 0 aromatic heterocycles. The summed E-state index contributed by atoms with van der Waals surface area (Å²) in [4.78, 5) is 28.5. The van der Waals surface area contributed by atoms with Gasteiger partial charge in [0.25, 0.3) is 0 Å². The number of unbranched alkanes of at least 4 members (excludes halogenated alkanes) is 1. The van der Waals surface area contributed by atoms with Crippen molar-refractivity contribution in [1.82, 2.24) is 20.9 Å². The first-order valence-electron chi connectivity index (χ1n) is 13.2. The highest BCUT2D eigenvalue weighted by atomic mass is 16.5. The SMILES string of the molecule is CCCCC1(c2ccccc2)CN(C(=O)[C@@H](Cc2ccc(OC)cc2)NC(=O)CCC2CNCN2)C1. The van der Waals surface area contributed by atoms with Gasteiger partial charge in [-0.3, -0.25) is 9.59 Å². The van der Waals surface area contributed by atoms with Gasteiger partial charge in [-0.15, -0.1) is 0 Å². The molecular weight excluding hydrogens is 452 g/mol. The van der Waals surface area contributed by atoms with Crippen molar-refractivity contribution >= 4 is 11.8 Å². The highest BCUT2D eigenvalue weighted by molar-refractivity contribution is 5.88. The first-order valence-corrected chi connectivity index (χ1v) is 13.2. The molecule has 2 aliphatic rings. The minimum Gasteiger partial charge on any atom is -0.497 e. The van der Waals surface area contributed by atoms with Crippen LogP contribution in [-0.4, -0.2) is 62.2 Å². The van der Waals surface area contributed by atoms with E-state index in [1.54, 1.807) is 7.11 Å². The Hall–Kier alpha value is -2.90. The molecule has 194 valence electrons. The van der Waals surface area contributed by atoms with E-state index in [0.29, 0.717) is 32.0 Å². The monoisotopic (exact) mass is 492 g/mol. The quantitative estimate of drug-likeness (QED) is 0.424. The third-order valence-electron chi connectivity index (χ3n) is 7.55.